The highest BCUT2D eigenvalue weighted by molar-refractivity contribution is 7.92. The SMILES string of the molecule is COc1ccc(NS(=O)(=O)c2ccc(C(=O)N(C)CCOc3ccccc3F)cc2)cc1. The summed E-state index contributed by atoms with van der Waals surface area (Å²) in [5.41, 5.74) is 0.710. The minimum absolute atomic E-state index is 0.0235. The second kappa shape index (κ2) is 10.1. The molecule has 3 aromatic rings. The molecule has 0 fully saturated rings. The van der Waals surface area contributed by atoms with Crippen LogP contribution in [-0.4, -0.2) is 46.5 Å². The van der Waals surface area contributed by atoms with Gasteiger partial charge in [0, 0.05) is 18.3 Å². The lowest BCUT2D eigenvalue weighted by atomic mass is 10.2. The minimum Gasteiger partial charge on any atom is -0.497 e. The van der Waals surface area contributed by atoms with Crippen molar-refractivity contribution in [2.75, 3.05) is 32.0 Å². The van der Waals surface area contributed by atoms with Crippen LogP contribution >= 0.6 is 0 Å². The van der Waals surface area contributed by atoms with E-state index >= 15 is 0 Å². The van der Waals surface area contributed by atoms with Gasteiger partial charge in [0.2, 0.25) is 0 Å². The average Bonchev–Trinajstić information content (AvgIpc) is 2.80. The van der Waals surface area contributed by atoms with E-state index in [1.807, 2.05) is 0 Å². The van der Waals surface area contributed by atoms with Crippen LogP contribution in [0.1, 0.15) is 10.4 Å². The van der Waals surface area contributed by atoms with Gasteiger partial charge in [0.1, 0.15) is 12.4 Å². The highest BCUT2D eigenvalue weighted by Crippen LogP contribution is 2.20. The van der Waals surface area contributed by atoms with Gasteiger partial charge in [-0.25, -0.2) is 12.8 Å². The number of sulfonamides is 1. The number of anilines is 1. The van der Waals surface area contributed by atoms with Crippen LogP contribution in [0.4, 0.5) is 10.1 Å². The van der Waals surface area contributed by atoms with E-state index in [2.05, 4.69) is 4.72 Å². The molecule has 0 bridgehead atoms. The van der Waals surface area contributed by atoms with E-state index in [4.69, 9.17) is 9.47 Å². The van der Waals surface area contributed by atoms with Gasteiger partial charge in [0.25, 0.3) is 15.9 Å². The number of carbonyl (C=O) groups is 1. The Morgan fingerprint density at radius 2 is 1.66 bits per heavy atom. The molecule has 0 unspecified atom stereocenters. The summed E-state index contributed by atoms with van der Waals surface area (Å²) in [7, 11) is -0.706. The Balaban J connectivity index is 1.59. The van der Waals surface area contributed by atoms with Crippen molar-refractivity contribution in [2.45, 2.75) is 4.90 Å². The van der Waals surface area contributed by atoms with Crippen LogP contribution in [-0.2, 0) is 10.0 Å². The molecule has 0 saturated carbocycles. The molecule has 0 heterocycles. The summed E-state index contributed by atoms with van der Waals surface area (Å²) >= 11 is 0. The van der Waals surface area contributed by atoms with E-state index in [9.17, 15) is 17.6 Å². The molecule has 7 nitrogen and oxygen atoms in total. The van der Waals surface area contributed by atoms with Crippen molar-refractivity contribution in [3.8, 4) is 11.5 Å². The Bertz CT molecular complexity index is 1170. The molecule has 1 amide bonds. The molecular weight excluding hydrogens is 435 g/mol. The standard InChI is InChI=1S/C23H23FN2O5S/c1-26(15-16-31-22-6-4-3-5-21(22)24)23(27)17-7-13-20(14-8-17)32(28,29)25-18-9-11-19(30-2)12-10-18/h3-14,25H,15-16H2,1-2H3. The molecule has 3 rings (SSSR count). The van der Waals surface area contributed by atoms with E-state index in [-0.39, 0.29) is 29.7 Å². The number of para-hydroxylation sites is 1. The fourth-order valence-electron chi connectivity index (χ4n) is 2.83. The number of nitrogens with one attached hydrogen (secondary N) is 1. The summed E-state index contributed by atoms with van der Waals surface area (Å²) in [5.74, 6) is -0.0535. The van der Waals surface area contributed by atoms with Gasteiger partial charge in [-0.3, -0.25) is 9.52 Å². The fourth-order valence-corrected chi connectivity index (χ4v) is 3.88. The smallest absolute Gasteiger partial charge is 0.261 e. The van der Waals surface area contributed by atoms with E-state index in [0.717, 1.165) is 0 Å². The Hall–Kier alpha value is -3.59. The van der Waals surface area contributed by atoms with Gasteiger partial charge in [-0.15, -0.1) is 0 Å². The van der Waals surface area contributed by atoms with Crippen LogP contribution in [0.15, 0.2) is 77.7 Å². The van der Waals surface area contributed by atoms with Gasteiger partial charge < -0.3 is 14.4 Å². The summed E-state index contributed by atoms with van der Waals surface area (Å²) < 4.78 is 51.7. The lowest BCUT2D eigenvalue weighted by Crippen LogP contribution is -2.31. The zero-order valence-corrected chi connectivity index (χ0v) is 18.4. The molecule has 9 heteroatoms. The van der Waals surface area contributed by atoms with Crippen molar-refractivity contribution in [3.63, 3.8) is 0 Å². The summed E-state index contributed by atoms with van der Waals surface area (Å²) in [6.45, 7) is 0.341. The molecule has 168 valence electrons. The number of methoxy groups -OCH3 is 1. The lowest BCUT2D eigenvalue weighted by Gasteiger charge is -2.18. The van der Waals surface area contributed by atoms with E-state index in [1.54, 1.807) is 43.4 Å². The number of amides is 1. The van der Waals surface area contributed by atoms with Crippen molar-refractivity contribution in [1.29, 1.82) is 0 Å². The molecule has 0 aromatic heterocycles. The number of ether oxygens (including phenoxy) is 2. The summed E-state index contributed by atoms with van der Waals surface area (Å²) in [5, 5.41) is 0. The maximum absolute atomic E-state index is 13.6. The number of hydrogen-bond acceptors (Lipinski definition) is 5. The largest absolute Gasteiger partial charge is 0.497 e. The highest BCUT2D eigenvalue weighted by atomic mass is 32.2. The van der Waals surface area contributed by atoms with Crippen LogP contribution in [0, 0.1) is 5.82 Å². The maximum atomic E-state index is 13.6. The first-order valence-corrected chi connectivity index (χ1v) is 11.2. The molecule has 0 aliphatic heterocycles. The van der Waals surface area contributed by atoms with Gasteiger partial charge in [-0.1, -0.05) is 12.1 Å². The number of carbonyl (C=O) groups excluding carboxylic acids is 1. The highest BCUT2D eigenvalue weighted by Gasteiger charge is 2.17. The van der Waals surface area contributed by atoms with E-state index in [0.29, 0.717) is 17.0 Å². The first kappa shape index (κ1) is 23.1. The molecule has 0 spiro atoms. The van der Waals surface area contributed by atoms with Crippen molar-refractivity contribution >= 4 is 21.6 Å². The second-order valence-corrected chi connectivity index (χ2v) is 8.55. The van der Waals surface area contributed by atoms with Crippen LogP contribution in [0.5, 0.6) is 11.5 Å². The third-order valence-corrected chi connectivity index (χ3v) is 6.02. The number of nitrogens with zero attached hydrogens (tertiary/aromatic N) is 1. The summed E-state index contributed by atoms with van der Waals surface area (Å²) in [4.78, 5) is 14.0. The minimum atomic E-state index is -3.82. The number of rotatable bonds is 9. The van der Waals surface area contributed by atoms with Gasteiger partial charge in [-0.2, -0.15) is 0 Å². The summed E-state index contributed by atoms with van der Waals surface area (Å²) in [6, 6.07) is 18.1. The van der Waals surface area contributed by atoms with Crippen molar-refractivity contribution in [2.24, 2.45) is 0 Å². The third-order valence-electron chi connectivity index (χ3n) is 4.62. The molecule has 1 N–H and O–H groups in total. The molecular formula is C23H23FN2O5S. The monoisotopic (exact) mass is 458 g/mol. The molecule has 0 aliphatic carbocycles. The topological polar surface area (TPSA) is 84.9 Å². The zero-order chi connectivity index (χ0) is 23.1. The lowest BCUT2D eigenvalue weighted by molar-refractivity contribution is 0.0773. The quantitative estimate of drug-likeness (QED) is 0.528. The molecule has 0 atom stereocenters. The number of halogens is 1. The van der Waals surface area contributed by atoms with Crippen molar-refractivity contribution in [1.82, 2.24) is 4.90 Å². The number of hydrogen-bond donors (Lipinski definition) is 1. The third kappa shape index (κ3) is 5.76. The Kier molecular flexibility index (Phi) is 7.32. The van der Waals surface area contributed by atoms with E-state index in [1.165, 1.54) is 48.4 Å². The second-order valence-electron chi connectivity index (χ2n) is 6.86. The molecule has 0 aliphatic rings. The predicted octanol–water partition coefficient (Wildman–Crippen LogP) is 3.79. The first-order chi connectivity index (χ1) is 15.3. The maximum Gasteiger partial charge on any atom is 0.261 e. The van der Waals surface area contributed by atoms with Gasteiger partial charge in [-0.05, 0) is 60.7 Å². The number of likely N-dealkylation sites (N-methyl/N-ethyl adjacent to an activating group) is 1. The van der Waals surface area contributed by atoms with Crippen LogP contribution in [0.3, 0.4) is 0 Å². The molecule has 0 radical (unpaired) electrons. The molecule has 3 aromatic carbocycles. The van der Waals surface area contributed by atoms with Crippen LogP contribution < -0.4 is 14.2 Å². The Morgan fingerprint density at radius 3 is 2.28 bits per heavy atom. The number of benzene rings is 3. The van der Waals surface area contributed by atoms with Gasteiger partial charge in [0.15, 0.2) is 11.6 Å². The first-order valence-electron chi connectivity index (χ1n) is 9.70. The van der Waals surface area contributed by atoms with Crippen molar-refractivity contribution in [3.05, 3.63) is 84.2 Å². The van der Waals surface area contributed by atoms with Gasteiger partial charge in [0.05, 0.1) is 18.6 Å². The van der Waals surface area contributed by atoms with Crippen LogP contribution in [0.25, 0.3) is 0 Å². The zero-order valence-electron chi connectivity index (χ0n) is 17.6. The molecule has 32 heavy (non-hydrogen) atoms. The van der Waals surface area contributed by atoms with Crippen LogP contribution in [0.2, 0.25) is 0 Å². The van der Waals surface area contributed by atoms with E-state index < -0.39 is 15.8 Å². The van der Waals surface area contributed by atoms with Crippen molar-refractivity contribution < 1.29 is 27.1 Å². The fraction of sp³-hybridized carbons (Fsp3) is 0.174. The Morgan fingerprint density at radius 1 is 1.00 bits per heavy atom. The normalized spacial score (nSPS) is 11.0. The molecule has 0 saturated heterocycles. The summed E-state index contributed by atoms with van der Waals surface area (Å²) in [6.07, 6.45) is 0. The average molecular weight is 459 g/mol. The van der Waals surface area contributed by atoms with Gasteiger partial charge >= 0.3 is 0 Å². The Labute approximate surface area is 186 Å². The predicted molar refractivity (Wildman–Crippen MR) is 119 cm³/mol.